The van der Waals surface area contributed by atoms with Gasteiger partial charge >= 0.3 is 0 Å². The molecular formula is C24H34N4O4. The highest BCUT2D eigenvalue weighted by atomic mass is 16.5. The Hall–Kier alpha value is -3.26. The predicted octanol–water partition coefficient (Wildman–Crippen LogP) is 3.10. The number of nitrogens with zero attached hydrogens (tertiary/aromatic N) is 1. The molecule has 174 valence electrons. The summed E-state index contributed by atoms with van der Waals surface area (Å²) in [6.45, 7) is 9.24. The number of benzene rings is 2. The van der Waals surface area contributed by atoms with Gasteiger partial charge in [0, 0.05) is 25.2 Å². The first-order chi connectivity index (χ1) is 15.4. The molecule has 2 rings (SSSR count). The summed E-state index contributed by atoms with van der Waals surface area (Å²) in [5.74, 6) is 1.91. The SMILES string of the molecule is CCNC(=NCC(O)c1ccc(OC(C)C)cc1)NCCOc1cccc(NC(C)=O)c1. The molecule has 0 radical (unpaired) electrons. The van der Waals surface area contributed by atoms with Gasteiger partial charge in [-0.05, 0) is 50.6 Å². The van der Waals surface area contributed by atoms with Crippen molar-refractivity contribution >= 4 is 17.6 Å². The summed E-state index contributed by atoms with van der Waals surface area (Å²) in [7, 11) is 0. The van der Waals surface area contributed by atoms with Crippen LogP contribution in [0, 0.1) is 0 Å². The average molecular weight is 443 g/mol. The fourth-order valence-electron chi connectivity index (χ4n) is 2.87. The molecule has 0 saturated heterocycles. The van der Waals surface area contributed by atoms with Crippen molar-refractivity contribution in [2.75, 3.05) is 31.6 Å². The summed E-state index contributed by atoms with van der Waals surface area (Å²) >= 11 is 0. The van der Waals surface area contributed by atoms with Gasteiger partial charge in [0.05, 0.1) is 25.3 Å². The third-order valence-corrected chi connectivity index (χ3v) is 4.22. The van der Waals surface area contributed by atoms with E-state index in [-0.39, 0.29) is 18.6 Å². The van der Waals surface area contributed by atoms with Crippen LogP contribution in [0.25, 0.3) is 0 Å². The number of anilines is 1. The molecule has 2 aromatic rings. The fourth-order valence-corrected chi connectivity index (χ4v) is 2.87. The number of hydrogen-bond acceptors (Lipinski definition) is 5. The number of ether oxygens (including phenoxy) is 2. The van der Waals surface area contributed by atoms with E-state index in [2.05, 4.69) is 20.9 Å². The van der Waals surface area contributed by atoms with Crippen LogP contribution >= 0.6 is 0 Å². The average Bonchev–Trinajstić information content (AvgIpc) is 2.74. The molecule has 32 heavy (non-hydrogen) atoms. The van der Waals surface area contributed by atoms with Gasteiger partial charge in [-0.2, -0.15) is 0 Å². The smallest absolute Gasteiger partial charge is 0.221 e. The Morgan fingerprint density at radius 2 is 1.84 bits per heavy atom. The molecule has 0 fully saturated rings. The van der Waals surface area contributed by atoms with Crippen LogP contribution in [0.5, 0.6) is 11.5 Å². The van der Waals surface area contributed by atoms with E-state index in [1.54, 1.807) is 12.1 Å². The summed E-state index contributed by atoms with van der Waals surface area (Å²) < 4.78 is 11.4. The summed E-state index contributed by atoms with van der Waals surface area (Å²) in [6, 6.07) is 14.6. The summed E-state index contributed by atoms with van der Waals surface area (Å²) in [5.41, 5.74) is 1.47. The maximum atomic E-state index is 11.2. The zero-order chi connectivity index (χ0) is 23.3. The molecule has 0 aliphatic rings. The molecule has 0 bridgehead atoms. The van der Waals surface area contributed by atoms with Gasteiger partial charge < -0.3 is 30.5 Å². The van der Waals surface area contributed by atoms with Crippen LogP contribution in [-0.4, -0.2) is 49.3 Å². The number of carbonyl (C=O) groups excluding carboxylic acids is 1. The molecule has 1 unspecified atom stereocenters. The predicted molar refractivity (Wildman–Crippen MR) is 127 cm³/mol. The Balaban J connectivity index is 1.82. The van der Waals surface area contributed by atoms with E-state index in [1.165, 1.54) is 6.92 Å². The molecule has 1 atom stereocenters. The molecule has 0 saturated carbocycles. The molecule has 8 nitrogen and oxygen atoms in total. The van der Waals surface area contributed by atoms with Crippen molar-refractivity contribution in [3.63, 3.8) is 0 Å². The van der Waals surface area contributed by atoms with Gasteiger partial charge in [-0.15, -0.1) is 0 Å². The number of nitrogens with one attached hydrogen (secondary N) is 3. The molecule has 8 heteroatoms. The first kappa shape index (κ1) is 25.0. The number of guanidine groups is 1. The number of hydrogen-bond donors (Lipinski definition) is 4. The lowest BCUT2D eigenvalue weighted by molar-refractivity contribution is -0.114. The zero-order valence-electron chi connectivity index (χ0n) is 19.2. The number of rotatable bonds is 11. The Morgan fingerprint density at radius 1 is 1.09 bits per heavy atom. The summed E-state index contributed by atoms with van der Waals surface area (Å²) in [4.78, 5) is 15.6. The first-order valence-corrected chi connectivity index (χ1v) is 10.8. The number of carbonyl (C=O) groups is 1. The zero-order valence-corrected chi connectivity index (χ0v) is 19.2. The minimum atomic E-state index is -0.716. The largest absolute Gasteiger partial charge is 0.492 e. The molecule has 4 N–H and O–H groups in total. The quantitative estimate of drug-likeness (QED) is 0.242. The summed E-state index contributed by atoms with van der Waals surface area (Å²) in [6.07, 6.45) is -0.611. The van der Waals surface area contributed by atoms with Gasteiger partial charge in [-0.3, -0.25) is 9.79 Å². The van der Waals surface area contributed by atoms with Crippen LogP contribution in [0.4, 0.5) is 5.69 Å². The second-order valence-corrected chi connectivity index (χ2v) is 7.46. The van der Waals surface area contributed by atoms with Gasteiger partial charge in [-0.1, -0.05) is 18.2 Å². The molecular weight excluding hydrogens is 408 g/mol. The van der Waals surface area contributed by atoms with Crippen LogP contribution in [0.1, 0.15) is 39.4 Å². The molecule has 1 amide bonds. The van der Waals surface area contributed by atoms with Crippen LogP contribution in [0.2, 0.25) is 0 Å². The lowest BCUT2D eigenvalue weighted by Gasteiger charge is -2.15. The van der Waals surface area contributed by atoms with E-state index < -0.39 is 6.10 Å². The molecule has 0 aromatic heterocycles. The van der Waals surface area contributed by atoms with Gasteiger partial charge in [0.15, 0.2) is 5.96 Å². The number of aliphatic hydroxyl groups excluding tert-OH is 1. The maximum Gasteiger partial charge on any atom is 0.221 e. The van der Waals surface area contributed by atoms with Gasteiger partial charge in [0.1, 0.15) is 18.1 Å². The fraction of sp³-hybridized carbons (Fsp3) is 0.417. The van der Waals surface area contributed by atoms with Crippen molar-refractivity contribution < 1.29 is 19.4 Å². The maximum absolute atomic E-state index is 11.2. The van der Waals surface area contributed by atoms with Gasteiger partial charge in [0.2, 0.25) is 5.91 Å². The number of aliphatic imine (C=N–C) groups is 1. The second kappa shape index (κ2) is 13.2. The van der Waals surface area contributed by atoms with Crippen molar-refractivity contribution in [2.24, 2.45) is 4.99 Å². The van der Waals surface area contributed by atoms with Crippen molar-refractivity contribution in [2.45, 2.75) is 39.9 Å². The minimum Gasteiger partial charge on any atom is -0.492 e. The molecule has 0 heterocycles. The summed E-state index contributed by atoms with van der Waals surface area (Å²) in [5, 5.41) is 19.5. The van der Waals surface area contributed by atoms with Crippen LogP contribution in [0.3, 0.4) is 0 Å². The Bertz CT molecular complexity index is 869. The third-order valence-electron chi connectivity index (χ3n) is 4.22. The monoisotopic (exact) mass is 442 g/mol. The van der Waals surface area contributed by atoms with Crippen LogP contribution < -0.4 is 25.4 Å². The molecule has 0 spiro atoms. The number of amides is 1. The van der Waals surface area contributed by atoms with E-state index in [4.69, 9.17) is 9.47 Å². The Morgan fingerprint density at radius 3 is 2.50 bits per heavy atom. The van der Waals surface area contributed by atoms with Crippen molar-refractivity contribution in [3.8, 4) is 11.5 Å². The second-order valence-electron chi connectivity index (χ2n) is 7.46. The van der Waals surface area contributed by atoms with Crippen molar-refractivity contribution in [1.29, 1.82) is 0 Å². The highest BCUT2D eigenvalue weighted by Crippen LogP contribution is 2.19. The first-order valence-electron chi connectivity index (χ1n) is 10.8. The van der Waals surface area contributed by atoms with Crippen LogP contribution in [-0.2, 0) is 4.79 Å². The molecule has 0 aliphatic heterocycles. The standard InChI is InChI=1S/C24H34N4O4/c1-5-25-24(26-13-14-31-22-8-6-7-20(15-22)28-18(4)29)27-16-23(30)19-9-11-21(12-10-19)32-17(2)3/h6-12,15,17,23,30H,5,13-14,16H2,1-4H3,(H,28,29)(H2,25,26,27). The third kappa shape index (κ3) is 9.26. The lowest BCUT2D eigenvalue weighted by atomic mass is 10.1. The normalized spacial score (nSPS) is 12.2. The minimum absolute atomic E-state index is 0.106. The molecule has 0 aliphatic carbocycles. The van der Waals surface area contributed by atoms with E-state index in [0.717, 1.165) is 11.3 Å². The highest BCUT2D eigenvalue weighted by molar-refractivity contribution is 5.88. The van der Waals surface area contributed by atoms with Crippen molar-refractivity contribution in [1.82, 2.24) is 10.6 Å². The van der Waals surface area contributed by atoms with E-state index in [1.807, 2.05) is 57.2 Å². The lowest BCUT2D eigenvalue weighted by Crippen LogP contribution is -2.39. The number of aliphatic hydroxyl groups is 1. The Kier molecular flexibility index (Phi) is 10.3. The van der Waals surface area contributed by atoms with E-state index in [0.29, 0.717) is 37.1 Å². The van der Waals surface area contributed by atoms with E-state index >= 15 is 0 Å². The Labute approximate surface area is 190 Å². The topological polar surface area (TPSA) is 104 Å². The van der Waals surface area contributed by atoms with E-state index in [9.17, 15) is 9.90 Å². The van der Waals surface area contributed by atoms with Crippen molar-refractivity contribution in [3.05, 3.63) is 54.1 Å². The van der Waals surface area contributed by atoms with Gasteiger partial charge in [-0.25, -0.2) is 0 Å². The highest BCUT2D eigenvalue weighted by Gasteiger charge is 2.08. The van der Waals surface area contributed by atoms with Gasteiger partial charge in [0.25, 0.3) is 0 Å². The molecule has 2 aromatic carbocycles. The van der Waals surface area contributed by atoms with Crippen LogP contribution in [0.15, 0.2) is 53.5 Å².